The van der Waals surface area contributed by atoms with Gasteiger partial charge < -0.3 is 5.11 Å². The van der Waals surface area contributed by atoms with E-state index in [1.165, 1.54) is 11.1 Å². The fraction of sp³-hybridized carbons (Fsp3) is 0.111. The Balaban J connectivity index is 1.89. The van der Waals surface area contributed by atoms with Gasteiger partial charge in [-0.15, -0.1) is 0 Å². The molecule has 1 nitrogen and oxygen atoms in total. The largest absolute Gasteiger partial charge is 0.384 e. The molecule has 0 amide bonds. The lowest BCUT2D eigenvalue weighted by molar-refractivity contribution is 0.220. The first-order valence-corrected chi connectivity index (χ1v) is 7.56. The molecule has 3 rings (SSSR count). The van der Waals surface area contributed by atoms with Crippen LogP contribution in [-0.2, 0) is 0 Å². The summed E-state index contributed by atoms with van der Waals surface area (Å²) in [6.07, 6.45) is -0.536. The second-order valence-electron chi connectivity index (χ2n) is 4.90. The summed E-state index contributed by atoms with van der Waals surface area (Å²) in [7, 11) is 0. The number of aliphatic hydroxyl groups excluding tert-OH is 1. The van der Waals surface area contributed by atoms with Gasteiger partial charge in [-0.05, 0) is 45.5 Å². The van der Waals surface area contributed by atoms with E-state index in [4.69, 9.17) is 0 Å². The van der Waals surface area contributed by atoms with Crippen molar-refractivity contribution in [3.8, 4) is 11.1 Å². The predicted octanol–water partition coefficient (Wildman–Crippen LogP) is 4.81. The lowest BCUT2D eigenvalue weighted by Gasteiger charge is -2.12. The van der Waals surface area contributed by atoms with Crippen molar-refractivity contribution in [2.24, 2.45) is 0 Å². The van der Waals surface area contributed by atoms with Crippen molar-refractivity contribution in [1.82, 2.24) is 0 Å². The Morgan fingerprint density at radius 2 is 1.50 bits per heavy atom. The summed E-state index contributed by atoms with van der Waals surface area (Å²) in [5.74, 6) is 0. The third-order valence-corrected chi connectivity index (χ3v) is 4.40. The summed E-state index contributed by atoms with van der Waals surface area (Å²) >= 11 is 1.63. The van der Waals surface area contributed by atoms with Gasteiger partial charge in [0.25, 0.3) is 0 Å². The van der Waals surface area contributed by atoms with Crippen LogP contribution < -0.4 is 0 Å². The molecule has 100 valence electrons. The van der Waals surface area contributed by atoms with Crippen LogP contribution in [0.25, 0.3) is 11.1 Å². The molecule has 0 spiro atoms. The number of rotatable bonds is 3. The Morgan fingerprint density at radius 3 is 2.10 bits per heavy atom. The second-order valence-corrected chi connectivity index (χ2v) is 5.64. The minimum Gasteiger partial charge on any atom is -0.384 e. The van der Waals surface area contributed by atoms with Crippen LogP contribution in [0.4, 0.5) is 0 Å². The molecule has 1 N–H and O–H groups in total. The van der Waals surface area contributed by atoms with Crippen LogP contribution in [0.2, 0.25) is 0 Å². The molecule has 1 unspecified atom stereocenters. The number of hydrogen-bond acceptors (Lipinski definition) is 2. The molecule has 0 saturated carbocycles. The molecule has 2 heteroatoms. The first-order chi connectivity index (χ1) is 9.75. The summed E-state index contributed by atoms with van der Waals surface area (Å²) in [5.41, 5.74) is 5.45. The number of aliphatic hydroxyl groups is 1. The highest BCUT2D eigenvalue weighted by Crippen LogP contribution is 2.29. The molecule has 2 aromatic carbocycles. The van der Waals surface area contributed by atoms with Crippen LogP contribution in [0.15, 0.2) is 65.4 Å². The van der Waals surface area contributed by atoms with Crippen molar-refractivity contribution in [3.05, 3.63) is 82.0 Å². The van der Waals surface area contributed by atoms with Crippen molar-refractivity contribution in [1.29, 1.82) is 0 Å². The molecule has 1 heterocycles. The average Bonchev–Trinajstić information content (AvgIpc) is 2.94. The van der Waals surface area contributed by atoms with Crippen molar-refractivity contribution in [3.63, 3.8) is 0 Å². The highest BCUT2D eigenvalue weighted by Gasteiger charge is 2.13. The van der Waals surface area contributed by atoms with E-state index in [0.717, 1.165) is 16.7 Å². The van der Waals surface area contributed by atoms with Gasteiger partial charge in [0.2, 0.25) is 0 Å². The Hall–Kier alpha value is -1.90. The topological polar surface area (TPSA) is 20.2 Å². The Kier molecular flexibility index (Phi) is 3.68. The molecular formula is C18H16OS. The fourth-order valence-electron chi connectivity index (χ4n) is 2.32. The van der Waals surface area contributed by atoms with Crippen molar-refractivity contribution in [2.45, 2.75) is 13.0 Å². The van der Waals surface area contributed by atoms with Gasteiger partial charge in [-0.2, -0.15) is 11.3 Å². The Morgan fingerprint density at radius 1 is 0.850 bits per heavy atom. The van der Waals surface area contributed by atoms with Gasteiger partial charge in [0, 0.05) is 0 Å². The van der Waals surface area contributed by atoms with Crippen LogP contribution in [0.3, 0.4) is 0 Å². The summed E-state index contributed by atoms with van der Waals surface area (Å²) in [6, 6.07) is 18.4. The maximum absolute atomic E-state index is 10.4. The second kappa shape index (κ2) is 5.61. The van der Waals surface area contributed by atoms with E-state index < -0.39 is 6.10 Å². The van der Waals surface area contributed by atoms with Crippen molar-refractivity contribution >= 4 is 11.3 Å². The zero-order chi connectivity index (χ0) is 13.9. The normalized spacial score (nSPS) is 12.3. The molecule has 0 fully saturated rings. The molecule has 1 aromatic heterocycles. The monoisotopic (exact) mass is 280 g/mol. The minimum absolute atomic E-state index is 0.536. The summed E-state index contributed by atoms with van der Waals surface area (Å²) in [5, 5.41) is 14.5. The van der Waals surface area contributed by atoms with E-state index >= 15 is 0 Å². The average molecular weight is 280 g/mol. The highest BCUT2D eigenvalue weighted by molar-refractivity contribution is 7.08. The molecule has 1 atom stereocenters. The molecule has 0 aliphatic carbocycles. The van der Waals surface area contributed by atoms with Crippen LogP contribution in [-0.4, -0.2) is 5.11 Å². The smallest absolute Gasteiger partial charge is 0.105 e. The van der Waals surface area contributed by atoms with Crippen LogP contribution in [0.1, 0.15) is 22.8 Å². The Bertz CT molecular complexity index is 683. The molecule has 3 aromatic rings. The Labute approximate surface area is 123 Å². The van der Waals surface area contributed by atoms with E-state index in [1.807, 2.05) is 42.6 Å². The number of thiophene rings is 1. The molecular weight excluding hydrogens is 264 g/mol. The number of aryl methyl sites for hydroxylation is 1. The number of benzene rings is 2. The van der Waals surface area contributed by atoms with Crippen LogP contribution >= 0.6 is 11.3 Å². The molecule has 0 aliphatic rings. The van der Waals surface area contributed by atoms with Crippen LogP contribution in [0, 0.1) is 6.92 Å². The van der Waals surface area contributed by atoms with Gasteiger partial charge >= 0.3 is 0 Å². The van der Waals surface area contributed by atoms with Crippen LogP contribution in [0.5, 0.6) is 0 Å². The van der Waals surface area contributed by atoms with Gasteiger partial charge in [0.1, 0.15) is 6.10 Å². The lowest BCUT2D eigenvalue weighted by Crippen LogP contribution is -1.99. The molecule has 0 bridgehead atoms. The zero-order valence-corrected chi connectivity index (χ0v) is 12.1. The van der Waals surface area contributed by atoms with Gasteiger partial charge in [0.15, 0.2) is 0 Å². The molecule has 0 saturated heterocycles. The molecule has 0 aliphatic heterocycles. The maximum Gasteiger partial charge on any atom is 0.105 e. The summed E-state index contributed by atoms with van der Waals surface area (Å²) in [6.45, 7) is 2.04. The van der Waals surface area contributed by atoms with Gasteiger partial charge in [-0.1, -0.05) is 54.6 Å². The third kappa shape index (κ3) is 2.53. The molecule has 20 heavy (non-hydrogen) atoms. The summed E-state index contributed by atoms with van der Waals surface area (Å²) < 4.78 is 0. The van der Waals surface area contributed by atoms with Gasteiger partial charge in [-0.3, -0.25) is 0 Å². The number of hydrogen-bond donors (Lipinski definition) is 1. The lowest BCUT2D eigenvalue weighted by atomic mass is 9.98. The maximum atomic E-state index is 10.4. The molecule has 0 radical (unpaired) electrons. The standard InChI is InChI=1S/C18H16OS/c1-13-11-20-12-17(13)18(19)16-9-7-15(8-10-16)14-5-3-2-4-6-14/h2-12,18-19H,1H3. The van der Waals surface area contributed by atoms with E-state index in [2.05, 4.69) is 29.6 Å². The minimum atomic E-state index is -0.536. The first-order valence-electron chi connectivity index (χ1n) is 6.62. The van der Waals surface area contributed by atoms with E-state index in [1.54, 1.807) is 11.3 Å². The van der Waals surface area contributed by atoms with E-state index in [0.29, 0.717) is 0 Å². The third-order valence-electron chi connectivity index (χ3n) is 3.52. The summed E-state index contributed by atoms with van der Waals surface area (Å²) in [4.78, 5) is 0. The van der Waals surface area contributed by atoms with E-state index in [9.17, 15) is 5.11 Å². The highest BCUT2D eigenvalue weighted by atomic mass is 32.1. The zero-order valence-electron chi connectivity index (χ0n) is 11.3. The van der Waals surface area contributed by atoms with E-state index in [-0.39, 0.29) is 0 Å². The quantitative estimate of drug-likeness (QED) is 0.730. The van der Waals surface area contributed by atoms with Crippen molar-refractivity contribution < 1.29 is 5.11 Å². The predicted molar refractivity (Wildman–Crippen MR) is 85.0 cm³/mol. The first kappa shape index (κ1) is 13.1. The van der Waals surface area contributed by atoms with Gasteiger partial charge in [0.05, 0.1) is 0 Å². The van der Waals surface area contributed by atoms with Gasteiger partial charge in [-0.25, -0.2) is 0 Å². The van der Waals surface area contributed by atoms with Crippen molar-refractivity contribution in [2.75, 3.05) is 0 Å². The SMILES string of the molecule is Cc1cscc1C(O)c1ccc(-c2ccccc2)cc1. The fourth-order valence-corrected chi connectivity index (χ4v) is 3.19.